The van der Waals surface area contributed by atoms with Gasteiger partial charge in [0.25, 0.3) is 0 Å². The van der Waals surface area contributed by atoms with Crippen LogP contribution in [0.25, 0.3) is 0 Å². The lowest BCUT2D eigenvalue weighted by atomic mass is 10.0. The molecular weight excluding hydrogens is 575 g/mol. The van der Waals surface area contributed by atoms with Crippen LogP contribution in [0.15, 0.2) is 45.3 Å². The summed E-state index contributed by atoms with van der Waals surface area (Å²) in [4.78, 5) is 0.137. The Bertz CT molecular complexity index is 631. The van der Waals surface area contributed by atoms with Gasteiger partial charge in [-0.25, -0.2) is 0 Å². The van der Waals surface area contributed by atoms with Crippen molar-refractivity contribution in [3.05, 3.63) is 60.0 Å². The van der Waals surface area contributed by atoms with Crippen LogP contribution >= 0.6 is 70.4 Å². The predicted octanol–water partition coefficient (Wildman–Crippen LogP) is 7.09. The van der Waals surface area contributed by atoms with E-state index in [-0.39, 0.29) is 4.83 Å². The molecule has 1 unspecified atom stereocenters. The average Bonchev–Trinajstić information content (AvgIpc) is 2.47. The first-order chi connectivity index (χ1) is 10.0. The molecule has 0 heterocycles. The molecular formula is C16H14Br3IO. The Morgan fingerprint density at radius 1 is 1.10 bits per heavy atom. The van der Waals surface area contributed by atoms with Crippen molar-refractivity contribution >= 4 is 70.4 Å². The summed E-state index contributed by atoms with van der Waals surface area (Å²) in [5.41, 5.74) is 2.41. The summed E-state index contributed by atoms with van der Waals surface area (Å²) in [7, 11) is 0. The van der Waals surface area contributed by atoms with Gasteiger partial charge in [0, 0.05) is 8.04 Å². The van der Waals surface area contributed by atoms with Gasteiger partial charge in [-0.2, -0.15) is 0 Å². The van der Waals surface area contributed by atoms with Crippen LogP contribution in [0, 0.1) is 3.57 Å². The zero-order valence-corrected chi connectivity index (χ0v) is 18.3. The van der Waals surface area contributed by atoms with Gasteiger partial charge in [-0.1, -0.05) is 44.8 Å². The lowest BCUT2D eigenvalue weighted by Crippen LogP contribution is -1.98. The van der Waals surface area contributed by atoms with Crippen molar-refractivity contribution in [2.75, 3.05) is 6.61 Å². The second kappa shape index (κ2) is 8.31. The standard InChI is InChI=1S/C16H14Br3IO/c1-2-7-21-15-6-3-10(8-14(15)18)16(19)12-9-11(20)4-5-13(12)17/h3-6,8-9,16H,2,7H2,1H3. The van der Waals surface area contributed by atoms with E-state index in [0.29, 0.717) is 0 Å². The molecule has 2 rings (SSSR count). The Morgan fingerprint density at radius 3 is 2.52 bits per heavy atom. The van der Waals surface area contributed by atoms with Crippen LogP contribution in [0.5, 0.6) is 5.75 Å². The maximum atomic E-state index is 5.70. The van der Waals surface area contributed by atoms with Crippen molar-refractivity contribution in [2.24, 2.45) is 0 Å². The Hall–Kier alpha value is 0.410. The van der Waals surface area contributed by atoms with Gasteiger partial charge in [-0.05, 0) is 86.4 Å². The fourth-order valence-electron chi connectivity index (χ4n) is 1.89. The third kappa shape index (κ3) is 4.69. The zero-order valence-electron chi connectivity index (χ0n) is 11.4. The average molecular weight is 589 g/mol. The van der Waals surface area contributed by atoms with Crippen molar-refractivity contribution in [2.45, 2.75) is 18.2 Å². The number of hydrogen-bond donors (Lipinski definition) is 0. The largest absolute Gasteiger partial charge is 0.492 e. The Balaban J connectivity index is 2.29. The molecule has 0 bridgehead atoms. The minimum Gasteiger partial charge on any atom is -0.492 e. The quantitative estimate of drug-likeness (QED) is 0.268. The van der Waals surface area contributed by atoms with Crippen LogP contribution in [0.2, 0.25) is 0 Å². The highest BCUT2D eigenvalue weighted by molar-refractivity contribution is 14.1. The summed E-state index contributed by atoms with van der Waals surface area (Å²) in [6, 6.07) is 12.6. The number of alkyl halides is 1. The van der Waals surface area contributed by atoms with Gasteiger partial charge in [-0.3, -0.25) is 0 Å². The van der Waals surface area contributed by atoms with Crippen molar-refractivity contribution in [1.82, 2.24) is 0 Å². The minimum atomic E-state index is 0.137. The van der Waals surface area contributed by atoms with E-state index in [1.165, 1.54) is 14.7 Å². The Morgan fingerprint density at radius 2 is 1.86 bits per heavy atom. The lowest BCUT2D eigenvalue weighted by molar-refractivity contribution is 0.315. The number of rotatable bonds is 5. The maximum absolute atomic E-state index is 5.70. The molecule has 0 saturated carbocycles. The van der Waals surface area contributed by atoms with E-state index in [9.17, 15) is 0 Å². The number of halogens is 4. The molecule has 0 radical (unpaired) electrons. The van der Waals surface area contributed by atoms with Crippen LogP contribution in [-0.2, 0) is 0 Å². The summed E-state index contributed by atoms with van der Waals surface area (Å²) in [5.74, 6) is 0.891. The molecule has 112 valence electrons. The smallest absolute Gasteiger partial charge is 0.133 e. The Labute approximate surface area is 164 Å². The van der Waals surface area contributed by atoms with Gasteiger partial charge in [0.05, 0.1) is 15.9 Å². The molecule has 0 fully saturated rings. The molecule has 2 aromatic rings. The van der Waals surface area contributed by atoms with Crippen molar-refractivity contribution in [3.63, 3.8) is 0 Å². The van der Waals surface area contributed by atoms with E-state index in [0.717, 1.165) is 27.7 Å². The van der Waals surface area contributed by atoms with Crippen LogP contribution < -0.4 is 4.74 Å². The van der Waals surface area contributed by atoms with Crippen LogP contribution in [-0.4, -0.2) is 6.61 Å². The van der Waals surface area contributed by atoms with E-state index in [1.54, 1.807) is 0 Å². The lowest BCUT2D eigenvalue weighted by Gasteiger charge is -2.15. The minimum absolute atomic E-state index is 0.137. The van der Waals surface area contributed by atoms with Crippen molar-refractivity contribution in [3.8, 4) is 5.75 Å². The fraction of sp³-hybridized carbons (Fsp3) is 0.250. The molecule has 1 atom stereocenters. The first-order valence-corrected chi connectivity index (χ1v) is 10.1. The third-order valence-corrected chi connectivity index (χ3v) is 5.98. The molecule has 0 aromatic heterocycles. The monoisotopic (exact) mass is 586 g/mol. The summed E-state index contributed by atoms with van der Waals surface area (Å²) >= 11 is 13.3. The van der Waals surface area contributed by atoms with Gasteiger partial charge in [-0.15, -0.1) is 0 Å². The van der Waals surface area contributed by atoms with Crippen LogP contribution in [0.3, 0.4) is 0 Å². The van der Waals surface area contributed by atoms with E-state index in [1.807, 2.05) is 6.07 Å². The molecule has 0 aliphatic rings. The van der Waals surface area contributed by atoms with E-state index < -0.39 is 0 Å². The molecule has 0 aliphatic heterocycles. The molecule has 0 aliphatic carbocycles. The topological polar surface area (TPSA) is 9.23 Å². The number of ether oxygens (including phenoxy) is 1. The van der Waals surface area contributed by atoms with E-state index in [4.69, 9.17) is 4.74 Å². The van der Waals surface area contributed by atoms with E-state index in [2.05, 4.69) is 108 Å². The summed E-state index contributed by atoms with van der Waals surface area (Å²) < 4.78 is 9.01. The van der Waals surface area contributed by atoms with Gasteiger partial charge < -0.3 is 4.74 Å². The first kappa shape index (κ1) is 17.8. The van der Waals surface area contributed by atoms with Crippen molar-refractivity contribution < 1.29 is 4.74 Å². The molecule has 1 nitrogen and oxygen atoms in total. The van der Waals surface area contributed by atoms with Crippen LogP contribution in [0.1, 0.15) is 29.3 Å². The van der Waals surface area contributed by atoms with Gasteiger partial charge in [0.15, 0.2) is 0 Å². The molecule has 0 amide bonds. The second-order valence-electron chi connectivity index (χ2n) is 4.57. The van der Waals surface area contributed by atoms with Gasteiger partial charge in [0.1, 0.15) is 5.75 Å². The number of benzene rings is 2. The molecule has 0 N–H and O–H groups in total. The molecule has 5 heteroatoms. The van der Waals surface area contributed by atoms with E-state index >= 15 is 0 Å². The fourth-order valence-corrected chi connectivity index (χ4v) is 4.36. The normalized spacial score (nSPS) is 12.2. The summed E-state index contributed by atoms with van der Waals surface area (Å²) in [6.07, 6.45) is 1.00. The van der Waals surface area contributed by atoms with Crippen LogP contribution in [0.4, 0.5) is 0 Å². The highest BCUT2D eigenvalue weighted by Crippen LogP contribution is 2.38. The highest BCUT2D eigenvalue weighted by atomic mass is 127. The third-order valence-electron chi connectivity index (χ3n) is 2.94. The van der Waals surface area contributed by atoms with Crippen molar-refractivity contribution in [1.29, 1.82) is 0 Å². The maximum Gasteiger partial charge on any atom is 0.133 e. The molecule has 0 spiro atoms. The second-order valence-corrected chi connectivity index (χ2v) is 8.44. The molecule has 21 heavy (non-hydrogen) atoms. The predicted molar refractivity (Wildman–Crippen MR) is 108 cm³/mol. The summed E-state index contributed by atoms with van der Waals surface area (Å²) in [5, 5.41) is 0. The van der Waals surface area contributed by atoms with Gasteiger partial charge >= 0.3 is 0 Å². The van der Waals surface area contributed by atoms with Gasteiger partial charge in [0.2, 0.25) is 0 Å². The molecule has 2 aromatic carbocycles. The summed E-state index contributed by atoms with van der Waals surface area (Å²) in [6.45, 7) is 2.84. The first-order valence-electron chi connectivity index (χ1n) is 6.54. The molecule has 0 saturated heterocycles. The SMILES string of the molecule is CCCOc1ccc(C(Br)c2cc(I)ccc2Br)cc1Br. The highest BCUT2D eigenvalue weighted by Gasteiger charge is 2.15. The zero-order chi connectivity index (χ0) is 15.4. The Kier molecular flexibility index (Phi) is 7.03. The number of hydrogen-bond acceptors (Lipinski definition) is 1.